The van der Waals surface area contributed by atoms with E-state index in [9.17, 15) is 13.2 Å². The Labute approximate surface area is 197 Å². The van der Waals surface area contributed by atoms with Crippen molar-refractivity contribution in [2.75, 3.05) is 17.7 Å². The van der Waals surface area contributed by atoms with E-state index in [1.165, 1.54) is 0 Å². The zero-order valence-electron chi connectivity index (χ0n) is 20.0. The second-order valence-corrected chi connectivity index (χ2v) is 10.8. The van der Waals surface area contributed by atoms with Gasteiger partial charge in [-0.05, 0) is 80.1 Å². The molecule has 0 radical (unpaired) electrons. The standard InChI is InChI=1S/C24H33ClN2O4S/c1-14(2)20-13-21(16(4)11-23(20)31-7)17(5)26-24(28)18(6)27(32(8,29)30)19-10-9-15(3)22(25)12-19/h9-14,17-18H,1-8H3,(H,26,28)/t17-,18+/m1/s1. The molecule has 0 aliphatic rings. The Morgan fingerprint density at radius 3 is 2.16 bits per heavy atom. The molecule has 0 aliphatic carbocycles. The first-order valence-corrected chi connectivity index (χ1v) is 12.7. The third-order valence-corrected chi connectivity index (χ3v) is 7.21. The highest BCUT2D eigenvalue weighted by Crippen LogP contribution is 2.32. The topological polar surface area (TPSA) is 75.7 Å². The quantitative estimate of drug-likeness (QED) is 0.568. The van der Waals surface area contributed by atoms with Crippen LogP contribution in [-0.4, -0.2) is 33.7 Å². The number of nitrogens with zero attached hydrogens (tertiary/aromatic N) is 1. The molecule has 32 heavy (non-hydrogen) atoms. The molecule has 2 rings (SSSR count). The van der Waals surface area contributed by atoms with Gasteiger partial charge in [0.2, 0.25) is 15.9 Å². The van der Waals surface area contributed by atoms with E-state index in [0.717, 1.165) is 38.6 Å². The molecule has 6 nitrogen and oxygen atoms in total. The number of aryl methyl sites for hydroxylation is 2. The van der Waals surface area contributed by atoms with E-state index < -0.39 is 22.0 Å². The Morgan fingerprint density at radius 1 is 1.03 bits per heavy atom. The molecule has 176 valence electrons. The van der Waals surface area contributed by atoms with Crippen LogP contribution in [0.3, 0.4) is 0 Å². The fourth-order valence-electron chi connectivity index (χ4n) is 3.75. The summed E-state index contributed by atoms with van der Waals surface area (Å²) in [5.41, 5.74) is 4.16. The van der Waals surface area contributed by atoms with Crippen molar-refractivity contribution in [1.82, 2.24) is 5.32 Å². The van der Waals surface area contributed by atoms with Crippen molar-refractivity contribution >= 4 is 33.2 Å². The number of halogens is 1. The normalized spacial score (nSPS) is 13.6. The van der Waals surface area contributed by atoms with Crippen molar-refractivity contribution in [2.24, 2.45) is 0 Å². The molecule has 2 atom stereocenters. The summed E-state index contributed by atoms with van der Waals surface area (Å²) in [6, 6.07) is 7.67. The Kier molecular flexibility index (Phi) is 8.23. The maximum Gasteiger partial charge on any atom is 0.244 e. The SMILES string of the molecule is COc1cc(C)c([C@@H](C)NC(=O)[C@H](C)N(c2ccc(C)c(Cl)c2)S(C)(=O)=O)cc1C(C)C. The first-order chi connectivity index (χ1) is 14.8. The van der Waals surface area contributed by atoms with Crippen molar-refractivity contribution < 1.29 is 17.9 Å². The number of sulfonamides is 1. The number of ether oxygens (including phenoxy) is 1. The number of hydrogen-bond acceptors (Lipinski definition) is 4. The van der Waals surface area contributed by atoms with Crippen LogP contribution < -0.4 is 14.4 Å². The Morgan fingerprint density at radius 2 is 1.66 bits per heavy atom. The van der Waals surface area contributed by atoms with Gasteiger partial charge in [0.05, 0.1) is 25.1 Å². The molecule has 0 aromatic heterocycles. The fraction of sp³-hybridized carbons (Fsp3) is 0.458. The molecule has 0 aliphatic heterocycles. The van der Waals surface area contributed by atoms with Crippen molar-refractivity contribution in [3.05, 3.63) is 57.6 Å². The average molecular weight is 481 g/mol. The summed E-state index contributed by atoms with van der Waals surface area (Å²) >= 11 is 6.21. The highest BCUT2D eigenvalue weighted by atomic mass is 35.5. The Balaban J connectivity index is 2.35. The maximum absolute atomic E-state index is 13.1. The zero-order valence-corrected chi connectivity index (χ0v) is 21.6. The predicted octanol–water partition coefficient (Wildman–Crippen LogP) is 5.12. The largest absolute Gasteiger partial charge is 0.496 e. The van der Waals surface area contributed by atoms with Gasteiger partial charge in [0, 0.05) is 5.02 Å². The van der Waals surface area contributed by atoms with Gasteiger partial charge in [0.25, 0.3) is 0 Å². The zero-order chi connectivity index (χ0) is 24.4. The number of rotatable bonds is 8. The van der Waals surface area contributed by atoms with Crippen LogP contribution in [0.2, 0.25) is 5.02 Å². The van der Waals surface area contributed by atoms with Crippen LogP contribution in [0.1, 0.15) is 61.9 Å². The van der Waals surface area contributed by atoms with Crippen LogP contribution in [0.15, 0.2) is 30.3 Å². The van der Waals surface area contributed by atoms with E-state index in [-0.39, 0.29) is 12.0 Å². The second-order valence-electron chi connectivity index (χ2n) is 8.50. The molecule has 0 saturated heterocycles. The average Bonchev–Trinajstić information content (AvgIpc) is 2.68. The molecular weight excluding hydrogens is 448 g/mol. The lowest BCUT2D eigenvalue weighted by Crippen LogP contribution is -2.48. The molecule has 8 heteroatoms. The third-order valence-electron chi connectivity index (χ3n) is 5.56. The molecule has 1 amide bonds. The van der Waals surface area contributed by atoms with Gasteiger partial charge in [0.15, 0.2) is 0 Å². The van der Waals surface area contributed by atoms with Gasteiger partial charge in [-0.1, -0.05) is 31.5 Å². The van der Waals surface area contributed by atoms with Gasteiger partial charge in [0.1, 0.15) is 11.8 Å². The van der Waals surface area contributed by atoms with E-state index >= 15 is 0 Å². The predicted molar refractivity (Wildman–Crippen MR) is 131 cm³/mol. The summed E-state index contributed by atoms with van der Waals surface area (Å²) < 4.78 is 31.7. The molecule has 1 N–H and O–H groups in total. The summed E-state index contributed by atoms with van der Waals surface area (Å²) in [6.07, 6.45) is 1.08. The molecule has 0 heterocycles. The minimum absolute atomic E-state index is 0.248. The maximum atomic E-state index is 13.1. The molecule has 0 fully saturated rings. The fourth-order valence-corrected chi connectivity index (χ4v) is 5.09. The monoisotopic (exact) mass is 480 g/mol. The Bertz CT molecular complexity index is 1100. The van der Waals surface area contributed by atoms with Crippen LogP contribution in [-0.2, 0) is 14.8 Å². The van der Waals surface area contributed by atoms with Gasteiger partial charge < -0.3 is 10.1 Å². The number of anilines is 1. The van der Waals surface area contributed by atoms with E-state index in [1.807, 2.05) is 32.9 Å². The summed E-state index contributed by atoms with van der Waals surface area (Å²) in [5.74, 6) is 0.659. The molecule has 2 aromatic carbocycles. The number of carbonyl (C=O) groups is 1. The third kappa shape index (κ3) is 5.75. The first-order valence-electron chi connectivity index (χ1n) is 10.5. The van der Waals surface area contributed by atoms with E-state index in [4.69, 9.17) is 16.3 Å². The van der Waals surface area contributed by atoms with Crippen molar-refractivity contribution in [2.45, 2.75) is 59.5 Å². The number of amides is 1. The van der Waals surface area contributed by atoms with Crippen LogP contribution >= 0.6 is 11.6 Å². The smallest absolute Gasteiger partial charge is 0.244 e. The number of benzene rings is 2. The molecule has 0 bridgehead atoms. The van der Waals surface area contributed by atoms with E-state index in [1.54, 1.807) is 32.2 Å². The minimum atomic E-state index is -3.73. The lowest BCUT2D eigenvalue weighted by atomic mass is 9.93. The summed E-state index contributed by atoms with van der Waals surface area (Å²) in [4.78, 5) is 13.1. The highest BCUT2D eigenvalue weighted by Gasteiger charge is 2.30. The van der Waals surface area contributed by atoms with Crippen LogP contribution in [0.5, 0.6) is 5.75 Å². The molecule has 2 aromatic rings. The van der Waals surface area contributed by atoms with Gasteiger partial charge in [-0.3, -0.25) is 9.10 Å². The van der Waals surface area contributed by atoms with Gasteiger partial charge >= 0.3 is 0 Å². The highest BCUT2D eigenvalue weighted by molar-refractivity contribution is 7.92. The lowest BCUT2D eigenvalue weighted by molar-refractivity contribution is -0.122. The summed E-state index contributed by atoms with van der Waals surface area (Å²) in [5, 5.41) is 3.41. The van der Waals surface area contributed by atoms with Gasteiger partial charge in [-0.15, -0.1) is 0 Å². The van der Waals surface area contributed by atoms with Crippen LogP contribution in [0.4, 0.5) is 5.69 Å². The molecule has 0 unspecified atom stereocenters. The summed E-state index contributed by atoms with van der Waals surface area (Å²) in [6.45, 7) is 11.4. The van der Waals surface area contributed by atoms with Gasteiger partial charge in [-0.25, -0.2) is 8.42 Å². The van der Waals surface area contributed by atoms with E-state index in [2.05, 4.69) is 19.2 Å². The Hall–Kier alpha value is -2.25. The molecular formula is C24H33ClN2O4S. The van der Waals surface area contributed by atoms with Crippen LogP contribution in [0.25, 0.3) is 0 Å². The van der Waals surface area contributed by atoms with Crippen molar-refractivity contribution in [1.29, 1.82) is 0 Å². The lowest BCUT2D eigenvalue weighted by Gasteiger charge is -2.30. The first kappa shape index (κ1) is 26.0. The number of methoxy groups -OCH3 is 1. The number of nitrogens with one attached hydrogen (secondary N) is 1. The van der Waals surface area contributed by atoms with Crippen molar-refractivity contribution in [3.63, 3.8) is 0 Å². The number of hydrogen-bond donors (Lipinski definition) is 1. The van der Waals surface area contributed by atoms with Gasteiger partial charge in [-0.2, -0.15) is 0 Å². The molecule has 0 saturated carbocycles. The molecule has 0 spiro atoms. The van der Waals surface area contributed by atoms with E-state index in [0.29, 0.717) is 10.7 Å². The number of carbonyl (C=O) groups excluding carboxylic acids is 1. The van der Waals surface area contributed by atoms with Crippen LogP contribution in [0, 0.1) is 13.8 Å². The minimum Gasteiger partial charge on any atom is -0.496 e. The summed E-state index contributed by atoms with van der Waals surface area (Å²) in [7, 11) is -2.09. The second kappa shape index (κ2) is 10.1. The van der Waals surface area contributed by atoms with Crippen molar-refractivity contribution in [3.8, 4) is 5.75 Å².